The first kappa shape index (κ1) is 13.6. The summed E-state index contributed by atoms with van der Waals surface area (Å²) in [7, 11) is 0. The van der Waals surface area contributed by atoms with Crippen LogP contribution in [0, 0.1) is 0 Å². The molecule has 1 fully saturated rings. The van der Waals surface area contributed by atoms with E-state index in [9.17, 15) is 0 Å². The van der Waals surface area contributed by atoms with Crippen LogP contribution in [0.1, 0.15) is 70.5 Å². The van der Waals surface area contributed by atoms with Crippen molar-refractivity contribution in [3.63, 3.8) is 0 Å². The van der Waals surface area contributed by atoms with E-state index >= 15 is 0 Å². The zero-order valence-electron chi connectivity index (χ0n) is 11.9. The lowest BCUT2D eigenvalue weighted by Crippen LogP contribution is -2.27. The Labute approximate surface area is 111 Å². The van der Waals surface area contributed by atoms with Gasteiger partial charge in [-0.3, -0.25) is 4.68 Å². The molecule has 0 bridgehead atoms. The highest BCUT2D eigenvalue weighted by Crippen LogP contribution is 2.27. The van der Waals surface area contributed by atoms with Gasteiger partial charge in [0.2, 0.25) is 0 Å². The summed E-state index contributed by atoms with van der Waals surface area (Å²) in [5, 5.41) is 8.30. The van der Waals surface area contributed by atoms with Crippen LogP contribution < -0.4 is 5.32 Å². The third kappa shape index (κ3) is 3.58. The molecule has 0 aromatic carbocycles. The van der Waals surface area contributed by atoms with Crippen LogP contribution in [-0.4, -0.2) is 15.8 Å². The average Bonchev–Trinajstić information content (AvgIpc) is 2.90. The van der Waals surface area contributed by atoms with Gasteiger partial charge in [0.05, 0.1) is 11.7 Å². The van der Waals surface area contributed by atoms with E-state index in [4.69, 9.17) is 5.10 Å². The average molecular weight is 249 g/mol. The highest BCUT2D eigenvalue weighted by atomic mass is 15.3. The molecule has 0 radical (unpaired) electrons. The van der Waals surface area contributed by atoms with Crippen LogP contribution in [0.4, 0.5) is 0 Å². The third-order valence-corrected chi connectivity index (χ3v) is 4.17. The van der Waals surface area contributed by atoms with Gasteiger partial charge in [0.1, 0.15) is 0 Å². The molecular formula is C15H27N3. The summed E-state index contributed by atoms with van der Waals surface area (Å²) in [6.07, 6.45) is 11.3. The molecular weight excluding hydrogens is 222 g/mol. The Balaban J connectivity index is 1.85. The molecule has 1 N–H and O–H groups in total. The number of rotatable bonds is 6. The molecule has 0 spiro atoms. The monoisotopic (exact) mass is 249 g/mol. The zero-order chi connectivity index (χ0) is 12.8. The number of aromatic nitrogens is 2. The maximum absolute atomic E-state index is 4.73. The fourth-order valence-electron chi connectivity index (χ4n) is 2.85. The highest BCUT2D eigenvalue weighted by molar-refractivity contribution is 5.00. The Bertz CT molecular complexity index is 335. The minimum atomic E-state index is 0.629. The SMILES string of the molecule is CCC(CC)NCc1ccn(C2CCCCC2)n1. The first-order valence-corrected chi connectivity index (χ1v) is 7.61. The second-order valence-corrected chi connectivity index (χ2v) is 5.47. The van der Waals surface area contributed by atoms with Gasteiger partial charge in [-0.25, -0.2) is 0 Å². The fourth-order valence-corrected chi connectivity index (χ4v) is 2.85. The third-order valence-electron chi connectivity index (χ3n) is 4.17. The molecule has 3 heteroatoms. The van der Waals surface area contributed by atoms with Crippen LogP contribution in [0.5, 0.6) is 0 Å². The maximum Gasteiger partial charge on any atom is 0.0762 e. The topological polar surface area (TPSA) is 29.9 Å². The zero-order valence-corrected chi connectivity index (χ0v) is 11.9. The van der Waals surface area contributed by atoms with Crippen LogP contribution in [-0.2, 0) is 6.54 Å². The van der Waals surface area contributed by atoms with Crippen molar-refractivity contribution in [2.45, 2.75) is 77.4 Å². The van der Waals surface area contributed by atoms with Crippen molar-refractivity contribution in [3.8, 4) is 0 Å². The maximum atomic E-state index is 4.73. The van der Waals surface area contributed by atoms with Gasteiger partial charge in [-0.1, -0.05) is 33.1 Å². The largest absolute Gasteiger partial charge is 0.308 e. The van der Waals surface area contributed by atoms with Crippen molar-refractivity contribution >= 4 is 0 Å². The molecule has 0 saturated heterocycles. The molecule has 1 aliphatic rings. The Morgan fingerprint density at radius 2 is 2.00 bits per heavy atom. The molecule has 0 amide bonds. The highest BCUT2D eigenvalue weighted by Gasteiger charge is 2.16. The van der Waals surface area contributed by atoms with Crippen molar-refractivity contribution in [3.05, 3.63) is 18.0 Å². The predicted octanol–water partition coefficient (Wildman–Crippen LogP) is 3.67. The lowest BCUT2D eigenvalue weighted by molar-refractivity contribution is 0.327. The van der Waals surface area contributed by atoms with Crippen molar-refractivity contribution in [1.29, 1.82) is 0 Å². The quantitative estimate of drug-likeness (QED) is 0.833. The van der Waals surface area contributed by atoms with Gasteiger partial charge in [0, 0.05) is 18.8 Å². The van der Waals surface area contributed by atoms with E-state index < -0.39 is 0 Å². The second kappa shape index (κ2) is 6.93. The van der Waals surface area contributed by atoms with Gasteiger partial charge in [-0.05, 0) is 31.7 Å². The smallest absolute Gasteiger partial charge is 0.0762 e. The summed E-state index contributed by atoms with van der Waals surface area (Å²) >= 11 is 0. The van der Waals surface area contributed by atoms with Crippen LogP contribution in [0.15, 0.2) is 12.3 Å². The van der Waals surface area contributed by atoms with E-state index in [1.807, 2.05) is 0 Å². The van der Waals surface area contributed by atoms with Gasteiger partial charge >= 0.3 is 0 Å². The molecule has 1 aromatic rings. The summed E-state index contributed by atoms with van der Waals surface area (Å²) in [6, 6.07) is 3.45. The second-order valence-electron chi connectivity index (χ2n) is 5.47. The standard InChI is InChI=1S/C15H27N3/c1-3-13(4-2)16-12-14-10-11-18(17-14)15-8-6-5-7-9-15/h10-11,13,15-16H,3-9,12H2,1-2H3. The summed E-state index contributed by atoms with van der Waals surface area (Å²) in [5.74, 6) is 0. The first-order chi connectivity index (χ1) is 8.83. The predicted molar refractivity (Wildman–Crippen MR) is 75.6 cm³/mol. The molecule has 1 aliphatic carbocycles. The van der Waals surface area contributed by atoms with Crippen LogP contribution >= 0.6 is 0 Å². The summed E-state index contributed by atoms with van der Waals surface area (Å²) in [5.41, 5.74) is 1.19. The van der Waals surface area contributed by atoms with E-state index in [0.29, 0.717) is 12.1 Å². The fraction of sp³-hybridized carbons (Fsp3) is 0.800. The van der Waals surface area contributed by atoms with E-state index in [-0.39, 0.29) is 0 Å². The summed E-state index contributed by atoms with van der Waals surface area (Å²) in [6.45, 7) is 5.38. The number of hydrogen-bond donors (Lipinski definition) is 1. The van der Waals surface area contributed by atoms with E-state index in [2.05, 4.69) is 36.1 Å². The normalized spacial score (nSPS) is 17.5. The Kier molecular flexibility index (Phi) is 5.24. The molecule has 0 aliphatic heterocycles. The number of nitrogens with zero attached hydrogens (tertiary/aromatic N) is 2. The molecule has 1 saturated carbocycles. The van der Waals surface area contributed by atoms with Gasteiger partial charge in [-0.2, -0.15) is 5.10 Å². The van der Waals surface area contributed by atoms with Crippen LogP contribution in [0.3, 0.4) is 0 Å². The molecule has 1 heterocycles. The van der Waals surface area contributed by atoms with E-state index in [0.717, 1.165) is 6.54 Å². The summed E-state index contributed by atoms with van der Waals surface area (Å²) in [4.78, 5) is 0. The van der Waals surface area contributed by atoms with Gasteiger partial charge in [0.25, 0.3) is 0 Å². The van der Waals surface area contributed by atoms with Crippen molar-refractivity contribution in [2.24, 2.45) is 0 Å². The van der Waals surface area contributed by atoms with Gasteiger partial charge in [-0.15, -0.1) is 0 Å². The minimum Gasteiger partial charge on any atom is -0.308 e. The lowest BCUT2D eigenvalue weighted by atomic mass is 9.96. The molecule has 102 valence electrons. The molecule has 2 rings (SSSR count). The van der Waals surface area contributed by atoms with Crippen molar-refractivity contribution in [2.75, 3.05) is 0 Å². The Morgan fingerprint density at radius 3 is 2.67 bits per heavy atom. The Hall–Kier alpha value is -0.830. The number of nitrogens with one attached hydrogen (secondary N) is 1. The molecule has 0 unspecified atom stereocenters. The van der Waals surface area contributed by atoms with E-state index in [1.54, 1.807) is 0 Å². The van der Waals surface area contributed by atoms with Crippen molar-refractivity contribution in [1.82, 2.24) is 15.1 Å². The molecule has 0 atom stereocenters. The van der Waals surface area contributed by atoms with Crippen LogP contribution in [0.25, 0.3) is 0 Å². The van der Waals surface area contributed by atoms with Gasteiger partial charge < -0.3 is 5.32 Å². The Morgan fingerprint density at radius 1 is 1.28 bits per heavy atom. The summed E-state index contributed by atoms with van der Waals surface area (Å²) < 4.78 is 2.20. The molecule has 1 aromatic heterocycles. The molecule has 18 heavy (non-hydrogen) atoms. The minimum absolute atomic E-state index is 0.629. The number of hydrogen-bond acceptors (Lipinski definition) is 2. The lowest BCUT2D eigenvalue weighted by Gasteiger charge is -2.21. The van der Waals surface area contributed by atoms with E-state index in [1.165, 1.54) is 50.6 Å². The van der Waals surface area contributed by atoms with Crippen molar-refractivity contribution < 1.29 is 0 Å². The first-order valence-electron chi connectivity index (χ1n) is 7.61. The van der Waals surface area contributed by atoms with Crippen LogP contribution in [0.2, 0.25) is 0 Å². The molecule has 3 nitrogen and oxygen atoms in total. The van der Waals surface area contributed by atoms with Gasteiger partial charge in [0.15, 0.2) is 0 Å².